The molecular weight excluding hydrogens is 328 g/mol. The zero-order valence-corrected chi connectivity index (χ0v) is 15.1. The van der Waals surface area contributed by atoms with Crippen LogP contribution in [0.15, 0.2) is 72.8 Å². The van der Waals surface area contributed by atoms with Gasteiger partial charge in [0.25, 0.3) is 0 Å². The van der Waals surface area contributed by atoms with Gasteiger partial charge in [-0.25, -0.2) is 0 Å². The highest BCUT2D eigenvalue weighted by atomic mass is 32.1. The van der Waals surface area contributed by atoms with Crippen LogP contribution in [0.1, 0.15) is 11.1 Å². The van der Waals surface area contributed by atoms with Crippen LogP contribution in [0, 0.1) is 13.8 Å². The monoisotopic (exact) mass is 348 g/mol. The smallest absolute Gasteiger partial charge is 0.175 e. The van der Waals surface area contributed by atoms with Gasteiger partial charge in [-0.2, -0.15) is 0 Å². The topological polar surface area (TPSA) is 33.3 Å². The van der Waals surface area contributed by atoms with E-state index in [-0.39, 0.29) is 0 Å². The van der Waals surface area contributed by atoms with Crippen molar-refractivity contribution in [3.05, 3.63) is 83.9 Å². The number of rotatable bonds is 4. The molecule has 0 fully saturated rings. The molecule has 126 valence electrons. The Kier molecular flexibility index (Phi) is 5.31. The fraction of sp³-hybridized carbons (Fsp3) is 0.0952. The van der Waals surface area contributed by atoms with E-state index in [0.717, 1.165) is 22.9 Å². The molecule has 0 aliphatic rings. The number of thiocarbonyl (C=S) groups is 1. The van der Waals surface area contributed by atoms with Crippen LogP contribution >= 0.6 is 12.2 Å². The molecule has 0 radical (unpaired) electrons. The zero-order chi connectivity index (χ0) is 17.6. The van der Waals surface area contributed by atoms with Gasteiger partial charge in [0.2, 0.25) is 0 Å². The van der Waals surface area contributed by atoms with Gasteiger partial charge in [0.15, 0.2) is 5.11 Å². The average Bonchev–Trinajstić information content (AvgIpc) is 2.61. The third-order valence-corrected chi connectivity index (χ3v) is 4.06. The number of hydrogen-bond donors (Lipinski definition) is 2. The van der Waals surface area contributed by atoms with Crippen LogP contribution in [-0.2, 0) is 0 Å². The molecule has 0 atom stereocenters. The van der Waals surface area contributed by atoms with Crippen molar-refractivity contribution in [3.63, 3.8) is 0 Å². The van der Waals surface area contributed by atoms with Crippen molar-refractivity contribution in [1.82, 2.24) is 0 Å². The van der Waals surface area contributed by atoms with Crippen molar-refractivity contribution in [2.75, 3.05) is 10.6 Å². The van der Waals surface area contributed by atoms with Gasteiger partial charge in [-0.1, -0.05) is 24.3 Å². The van der Waals surface area contributed by atoms with Gasteiger partial charge in [-0.05, 0) is 85.7 Å². The van der Waals surface area contributed by atoms with Crippen LogP contribution in [0.2, 0.25) is 0 Å². The van der Waals surface area contributed by atoms with E-state index < -0.39 is 0 Å². The molecule has 0 amide bonds. The second kappa shape index (κ2) is 7.81. The normalized spacial score (nSPS) is 10.2. The van der Waals surface area contributed by atoms with E-state index in [2.05, 4.69) is 36.6 Å². The first-order chi connectivity index (χ1) is 12.1. The maximum absolute atomic E-state index is 5.78. The highest BCUT2D eigenvalue weighted by Crippen LogP contribution is 2.23. The molecule has 0 heterocycles. The Bertz CT molecular complexity index is 861. The van der Waals surface area contributed by atoms with Gasteiger partial charge < -0.3 is 15.4 Å². The van der Waals surface area contributed by atoms with Crippen molar-refractivity contribution in [1.29, 1.82) is 0 Å². The van der Waals surface area contributed by atoms with Gasteiger partial charge in [-0.3, -0.25) is 0 Å². The number of hydrogen-bond acceptors (Lipinski definition) is 2. The lowest BCUT2D eigenvalue weighted by Crippen LogP contribution is -2.19. The third kappa shape index (κ3) is 4.81. The minimum Gasteiger partial charge on any atom is -0.457 e. The molecule has 2 N–H and O–H groups in total. The highest BCUT2D eigenvalue weighted by Gasteiger charge is 2.02. The van der Waals surface area contributed by atoms with Gasteiger partial charge in [0.05, 0.1) is 0 Å². The molecule has 3 aromatic carbocycles. The molecule has 4 heteroatoms. The summed E-state index contributed by atoms with van der Waals surface area (Å²) in [5.74, 6) is 1.60. The number of nitrogens with one attached hydrogen (secondary N) is 2. The standard InChI is InChI=1S/C21H20N2OS/c1-15-8-9-18(14-16(15)2)23-21(25)22-17-10-12-20(13-11-17)24-19-6-4-3-5-7-19/h3-14H,1-2H3,(H2,22,23,25). The molecule has 0 saturated carbocycles. The molecule has 0 unspecified atom stereocenters. The predicted molar refractivity (Wildman–Crippen MR) is 109 cm³/mol. The third-order valence-electron chi connectivity index (χ3n) is 3.86. The lowest BCUT2D eigenvalue weighted by atomic mass is 10.1. The van der Waals surface area contributed by atoms with Gasteiger partial charge in [0, 0.05) is 11.4 Å². The summed E-state index contributed by atoms with van der Waals surface area (Å²) in [7, 11) is 0. The van der Waals surface area contributed by atoms with Crippen molar-refractivity contribution in [2.45, 2.75) is 13.8 Å². The van der Waals surface area contributed by atoms with Gasteiger partial charge in [0.1, 0.15) is 11.5 Å². The summed E-state index contributed by atoms with van der Waals surface area (Å²) in [6, 6.07) is 23.6. The highest BCUT2D eigenvalue weighted by molar-refractivity contribution is 7.80. The van der Waals surface area contributed by atoms with Crippen molar-refractivity contribution in [2.24, 2.45) is 0 Å². The largest absolute Gasteiger partial charge is 0.457 e. The second-order valence-corrected chi connectivity index (χ2v) is 6.23. The first kappa shape index (κ1) is 17.0. The molecule has 0 bridgehead atoms. The van der Waals surface area contributed by atoms with E-state index in [4.69, 9.17) is 17.0 Å². The Morgan fingerprint density at radius 1 is 0.720 bits per heavy atom. The molecule has 3 rings (SSSR count). The predicted octanol–water partition coefficient (Wildman–Crippen LogP) is 5.90. The summed E-state index contributed by atoms with van der Waals surface area (Å²) in [5, 5.41) is 6.94. The lowest BCUT2D eigenvalue weighted by Gasteiger charge is -2.12. The minimum absolute atomic E-state index is 0.556. The van der Waals surface area contributed by atoms with Crippen LogP contribution < -0.4 is 15.4 Å². The van der Waals surface area contributed by atoms with E-state index >= 15 is 0 Å². The van der Waals surface area contributed by atoms with E-state index in [1.807, 2.05) is 60.7 Å². The molecule has 0 aliphatic heterocycles. The van der Waals surface area contributed by atoms with Crippen LogP contribution in [0.3, 0.4) is 0 Å². The molecule has 0 spiro atoms. The summed E-state index contributed by atoms with van der Waals surface area (Å²) >= 11 is 5.38. The molecule has 0 saturated heterocycles. The minimum atomic E-state index is 0.556. The van der Waals surface area contributed by atoms with Crippen LogP contribution in [0.4, 0.5) is 11.4 Å². The Hall–Kier alpha value is -2.85. The quantitative estimate of drug-likeness (QED) is 0.575. The summed E-state index contributed by atoms with van der Waals surface area (Å²) in [6.07, 6.45) is 0. The fourth-order valence-electron chi connectivity index (χ4n) is 2.34. The number of benzene rings is 3. The van der Waals surface area contributed by atoms with Crippen LogP contribution in [0.25, 0.3) is 0 Å². The number of anilines is 2. The molecule has 0 aliphatic carbocycles. The first-order valence-corrected chi connectivity index (χ1v) is 8.49. The van der Waals surface area contributed by atoms with E-state index in [0.29, 0.717) is 5.11 Å². The Labute approximate surface area is 153 Å². The average molecular weight is 348 g/mol. The summed E-state index contributed by atoms with van der Waals surface area (Å²) < 4.78 is 5.78. The van der Waals surface area contributed by atoms with Crippen molar-refractivity contribution >= 4 is 28.7 Å². The maximum Gasteiger partial charge on any atom is 0.175 e. The Morgan fingerprint density at radius 2 is 1.32 bits per heavy atom. The van der Waals surface area contributed by atoms with Crippen molar-refractivity contribution < 1.29 is 4.74 Å². The van der Waals surface area contributed by atoms with Crippen LogP contribution in [-0.4, -0.2) is 5.11 Å². The second-order valence-electron chi connectivity index (χ2n) is 5.82. The number of para-hydroxylation sites is 1. The van der Waals surface area contributed by atoms with Gasteiger partial charge >= 0.3 is 0 Å². The van der Waals surface area contributed by atoms with Crippen molar-refractivity contribution in [3.8, 4) is 11.5 Å². The number of aryl methyl sites for hydroxylation is 2. The van der Waals surface area contributed by atoms with Crippen LogP contribution in [0.5, 0.6) is 11.5 Å². The molecule has 3 aromatic rings. The maximum atomic E-state index is 5.78. The summed E-state index contributed by atoms with van der Waals surface area (Å²) in [5.41, 5.74) is 4.38. The molecule has 0 aromatic heterocycles. The Balaban J connectivity index is 1.59. The first-order valence-electron chi connectivity index (χ1n) is 8.08. The Morgan fingerprint density at radius 3 is 2.00 bits per heavy atom. The lowest BCUT2D eigenvalue weighted by molar-refractivity contribution is 0.483. The van der Waals surface area contributed by atoms with E-state index in [1.165, 1.54) is 11.1 Å². The molecule has 3 nitrogen and oxygen atoms in total. The SMILES string of the molecule is Cc1ccc(NC(=S)Nc2ccc(Oc3ccccc3)cc2)cc1C. The molecule has 25 heavy (non-hydrogen) atoms. The van der Waals surface area contributed by atoms with Gasteiger partial charge in [-0.15, -0.1) is 0 Å². The van der Waals surface area contributed by atoms with E-state index in [9.17, 15) is 0 Å². The van der Waals surface area contributed by atoms with E-state index in [1.54, 1.807) is 0 Å². The summed E-state index contributed by atoms with van der Waals surface area (Å²) in [4.78, 5) is 0. The molecular formula is C21H20N2OS. The fourth-order valence-corrected chi connectivity index (χ4v) is 2.58. The zero-order valence-electron chi connectivity index (χ0n) is 14.2. The number of ether oxygens (including phenoxy) is 1. The summed E-state index contributed by atoms with van der Waals surface area (Å²) in [6.45, 7) is 4.18.